The van der Waals surface area contributed by atoms with E-state index in [0.29, 0.717) is 11.3 Å². The first-order chi connectivity index (χ1) is 12.2. The summed E-state index contributed by atoms with van der Waals surface area (Å²) in [5, 5.41) is 14.0. The second-order valence-corrected chi connectivity index (χ2v) is 7.57. The van der Waals surface area contributed by atoms with Crippen molar-refractivity contribution in [2.75, 3.05) is 5.32 Å². The molecule has 1 saturated carbocycles. The van der Waals surface area contributed by atoms with Gasteiger partial charge < -0.3 is 10.4 Å². The molecule has 4 rings (SSSR count). The average molecular weight is 352 g/mol. The minimum Gasteiger partial charge on any atom is -0.507 e. The maximum Gasteiger partial charge on any atom is 0.227 e. The maximum atomic E-state index is 12.5. The molecule has 0 atom stereocenters. The molecule has 1 fully saturated rings. The minimum atomic E-state index is 0.0839. The molecule has 1 aromatic heterocycles. The lowest BCUT2D eigenvalue weighted by atomic mass is 9.88. The summed E-state index contributed by atoms with van der Waals surface area (Å²) in [5.41, 5.74) is 2.28. The highest BCUT2D eigenvalue weighted by Gasteiger charge is 2.21. The van der Waals surface area contributed by atoms with Crippen LogP contribution in [0.25, 0.3) is 20.8 Å². The molecule has 0 radical (unpaired) electrons. The third kappa shape index (κ3) is 3.37. The Morgan fingerprint density at radius 2 is 1.92 bits per heavy atom. The Morgan fingerprint density at radius 1 is 1.12 bits per heavy atom. The van der Waals surface area contributed by atoms with E-state index in [1.807, 2.05) is 30.3 Å². The van der Waals surface area contributed by atoms with E-state index < -0.39 is 0 Å². The van der Waals surface area contributed by atoms with Gasteiger partial charge in [-0.3, -0.25) is 4.79 Å². The van der Waals surface area contributed by atoms with Crippen molar-refractivity contribution in [3.8, 4) is 16.3 Å². The number of para-hydroxylation sites is 1. The number of phenols is 1. The number of aromatic hydroxyl groups is 1. The van der Waals surface area contributed by atoms with Crippen molar-refractivity contribution in [2.45, 2.75) is 32.1 Å². The summed E-state index contributed by atoms with van der Waals surface area (Å²) >= 11 is 1.54. The number of fused-ring (bicyclic) bond motifs is 1. The van der Waals surface area contributed by atoms with Crippen LogP contribution in [0, 0.1) is 5.92 Å². The van der Waals surface area contributed by atoms with Crippen molar-refractivity contribution in [2.24, 2.45) is 5.92 Å². The fourth-order valence-corrected chi connectivity index (χ4v) is 4.37. The van der Waals surface area contributed by atoms with Crippen LogP contribution >= 0.6 is 11.3 Å². The zero-order valence-corrected chi connectivity index (χ0v) is 14.7. The summed E-state index contributed by atoms with van der Waals surface area (Å²) in [6.07, 6.45) is 5.42. The number of hydrogen-bond donors (Lipinski definition) is 2. The Kier molecular flexibility index (Phi) is 4.40. The number of nitrogens with one attached hydrogen (secondary N) is 1. The molecule has 3 aromatic rings. The average Bonchev–Trinajstić information content (AvgIpc) is 3.08. The minimum absolute atomic E-state index is 0.0839. The number of aromatic nitrogens is 1. The van der Waals surface area contributed by atoms with Gasteiger partial charge in [0.2, 0.25) is 5.91 Å². The molecule has 5 heteroatoms. The fourth-order valence-electron chi connectivity index (χ4n) is 3.38. The van der Waals surface area contributed by atoms with E-state index in [1.165, 1.54) is 17.8 Å². The predicted octanol–water partition coefficient (Wildman–Crippen LogP) is 5.19. The van der Waals surface area contributed by atoms with E-state index in [0.717, 1.165) is 40.9 Å². The van der Waals surface area contributed by atoms with Gasteiger partial charge in [0.25, 0.3) is 0 Å². The van der Waals surface area contributed by atoms with E-state index in [-0.39, 0.29) is 17.6 Å². The van der Waals surface area contributed by atoms with Gasteiger partial charge in [-0.25, -0.2) is 4.98 Å². The van der Waals surface area contributed by atoms with E-state index in [2.05, 4.69) is 10.3 Å². The van der Waals surface area contributed by atoms with Crippen LogP contribution in [0.3, 0.4) is 0 Å². The number of benzene rings is 2. The summed E-state index contributed by atoms with van der Waals surface area (Å²) in [4.78, 5) is 17.1. The Balaban J connectivity index is 1.60. The van der Waals surface area contributed by atoms with E-state index >= 15 is 0 Å². The molecule has 1 aliphatic carbocycles. The smallest absolute Gasteiger partial charge is 0.227 e. The summed E-state index contributed by atoms with van der Waals surface area (Å²) < 4.78 is 1.08. The Hall–Kier alpha value is -2.40. The largest absolute Gasteiger partial charge is 0.507 e. The molecular weight excluding hydrogens is 332 g/mol. The van der Waals surface area contributed by atoms with Crippen molar-refractivity contribution < 1.29 is 9.90 Å². The topological polar surface area (TPSA) is 62.2 Å². The first kappa shape index (κ1) is 16.1. The zero-order chi connectivity index (χ0) is 17.2. The third-order valence-corrected chi connectivity index (χ3v) is 5.83. The van der Waals surface area contributed by atoms with Crippen LogP contribution in [0.5, 0.6) is 5.75 Å². The summed E-state index contributed by atoms with van der Waals surface area (Å²) in [6, 6.07) is 13.1. The molecule has 128 valence electrons. The summed E-state index contributed by atoms with van der Waals surface area (Å²) in [5.74, 6) is 0.365. The highest BCUT2D eigenvalue weighted by molar-refractivity contribution is 7.21. The van der Waals surface area contributed by atoms with Gasteiger partial charge >= 0.3 is 0 Å². The standard InChI is InChI=1S/C20H20N2O2S/c23-17-11-10-14(21-19(24)13-6-2-1-3-7-13)12-15(17)20-22-16-8-4-5-9-18(16)25-20/h4-5,8-13,23H,1-3,6-7H2,(H,21,24). The lowest BCUT2D eigenvalue weighted by Crippen LogP contribution is -2.24. The van der Waals surface area contributed by atoms with Gasteiger partial charge in [0.05, 0.1) is 15.8 Å². The van der Waals surface area contributed by atoms with Crippen LogP contribution in [-0.4, -0.2) is 16.0 Å². The molecule has 0 unspecified atom stereocenters. The van der Waals surface area contributed by atoms with Crippen molar-refractivity contribution in [3.63, 3.8) is 0 Å². The molecule has 2 aromatic carbocycles. The van der Waals surface area contributed by atoms with Crippen molar-refractivity contribution in [1.82, 2.24) is 4.98 Å². The molecular formula is C20H20N2O2S. The lowest BCUT2D eigenvalue weighted by Gasteiger charge is -2.20. The van der Waals surface area contributed by atoms with Gasteiger partial charge in [0.1, 0.15) is 10.8 Å². The SMILES string of the molecule is O=C(Nc1ccc(O)c(-c2nc3ccccc3s2)c1)C1CCCCC1. The van der Waals surface area contributed by atoms with Crippen LogP contribution in [0.15, 0.2) is 42.5 Å². The number of carbonyl (C=O) groups is 1. The highest BCUT2D eigenvalue weighted by Crippen LogP contribution is 2.37. The van der Waals surface area contributed by atoms with Gasteiger partial charge in [-0.15, -0.1) is 11.3 Å². The molecule has 0 bridgehead atoms. The fraction of sp³-hybridized carbons (Fsp3) is 0.300. The number of hydrogen-bond acceptors (Lipinski definition) is 4. The van der Waals surface area contributed by atoms with Crippen molar-refractivity contribution in [3.05, 3.63) is 42.5 Å². The Labute approximate surface area is 150 Å². The van der Waals surface area contributed by atoms with Gasteiger partial charge in [0.15, 0.2) is 0 Å². The number of anilines is 1. The van der Waals surface area contributed by atoms with Crippen molar-refractivity contribution >= 4 is 33.1 Å². The number of carbonyl (C=O) groups excluding carboxylic acids is 1. The number of phenolic OH excluding ortho intramolecular Hbond substituents is 1. The highest BCUT2D eigenvalue weighted by atomic mass is 32.1. The predicted molar refractivity (Wildman–Crippen MR) is 102 cm³/mol. The summed E-state index contributed by atoms with van der Waals surface area (Å²) in [7, 11) is 0. The van der Waals surface area contributed by atoms with Crippen LogP contribution in [0.1, 0.15) is 32.1 Å². The van der Waals surface area contributed by atoms with Crippen LogP contribution in [-0.2, 0) is 4.79 Å². The Morgan fingerprint density at radius 3 is 2.72 bits per heavy atom. The zero-order valence-electron chi connectivity index (χ0n) is 13.9. The third-order valence-electron chi connectivity index (χ3n) is 4.76. The van der Waals surface area contributed by atoms with Crippen LogP contribution < -0.4 is 5.32 Å². The maximum absolute atomic E-state index is 12.5. The molecule has 1 amide bonds. The molecule has 0 saturated heterocycles. The van der Waals surface area contributed by atoms with E-state index in [4.69, 9.17) is 0 Å². The first-order valence-corrected chi connectivity index (χ1v) is 9.52. The van der Waals surface area contributed by atoms with Gasteiger partial charge in [0, 0.05) is 11.6 Å². The molecule has 4 nitrogen and oxygen atoms in total. The molecule has 0 spiro atoms. The number of thiazole rings is 1. The van der Waals surface area contributed by atoms with Crippen LogP contribution in [0.4, 0.5) is 5.69 Å². The number of rotatable bonds is 3. The number of amides is 1. The normalized spacial score (nSPS) is 15.4. The monoisotopic (exact) mass is 352 g/mol. The second-order valence-electron chi connectivity index (χ2n) is 6.54. The number of nitrogens with zero attached hydrogens (tertiary/aromatic N) is 1. The van der Waals surface area contributed by atoms with E-state index in [9.17, 15) is 9.90 Å². The lowest BCUT2D eigenvalue weighted by molar-refractivity contribution is -0.120. The molecule has 25 heavy (non-hydrogen) atoms. The van der Waals surface area contributed by atoms with Gasteiger partial charge in [-0.2, -0.15) is 0 Å². The molecule has 1 aliphatic rings. The van der Waals surface area contributed by atoms with Gasteiger partial charge in [-0.1, -0.05) is 31.4 Å². The molecule has 1 heterocycles. The second kappa shape index (κ2) is 6.84. The quantitative estimate of drug-likeness (QED) is 0.638. The summed E-state index contributed by atoms with van der Waals surface area (Å²) in [6.45, 7) is 0. The first-order valence-electron chi connectivity index (χ1n) is 8.70. The van der Waals surface area contributed by atoms with E-state index in [1.54, 1.807) is 12.1 Å². The van der Waals surface area contributed by atoms with Crippen LogP contribution in [0.2, 0.25) is 0 Å². The molecule has 2 N–H and O–H groups in total. The van der Waals surface area contributed by atoms with Gasteiger partial charge in [-0.05, 0) is 43.2 Å². The molecule has 0 aliphatic heterocycles. The van der Waals surface area contributed by atoms with Crippen molar-refractivity contribution in [1.29, 1.82) is 0 Å². The Bertz CT molecular complexity index is 880.